The zero-order valence-electron chi connectivity index (χ0n) is 70.9. The summed E-state index contributed by atoms with van der Waals surface area (Å²) in [5.41, 5.74) is 4.90. The number of aromatic nitrogens is 16. The molecule has 138 heavy (non-hydrogen) atoms. The number of rotatable bonds is 14. The summed E-state index contributed by atoms with van der Waals surface area (Å²) in [6.45, 7) is 8.04. The summed E-state index contributed by atoms with van der Waals surface area (Å²) < 4.78 is 152. The Labute approximate surface area is 861 Å². The molecule has 14 aromatic rings. The van der Waals surface area contributed by atoms with E-state index in [0.29, 0.717) is 32.3 Å². The van der Waals surface area contributed by atoms with Gasteiger partial charge in [0.2, 0.25) is 37.5 Å². The van der Waals surface area contributed by atoms with Crippen LogP contribution in [0.2, 0.25) is 62.6 Å². The van der Waals surface area contributed by atoms with Crippen molar-refractivity contribution in [2.24, 2.45) is 0 Å². The van der Waals surface area contributed by atoms with E-state index >= 15 is 0 Å². The van der Waals surface area contributed by atoms with Crippen molar-refractivity contribution in [2.45, 2.75) is 158 Å². The molecule has 21 rings (SSSR count). The van der Waals surface area contributed by atoms with Gasteiger partial charge in [0.25, 0.3) is 40.1 Å². The first-order chi connectivity index (χ1) is 65.2. The minimum atomic E-state index is -4.13. The molecule has 0 bridgehead atoms. The van der Waals surface area contributed by atoms with E-state index in [4.69, 9.17) is 172 Å². The Kier molecular flexibility index (Phi) is 30.6. The molecule has 36 nitrogen and oxygen atoms in total. The second kappa shape index (κ2) is 40.8. The molecule has 0 saturated carbocycles. The minimum Gasteiger partial charge on any atom is -0.394 e. The highest BCUT2D eigenvalue weighted by atomic mass is 79.9. The molecule has 4 aromatic carbocycles. The van der Waals surface area contributed by atoms with Crippen LogP contribution in [0.3, 0.4) is 0 Å². The predicted molar refractivity (Wildman–Crippen MR) is 520 cm³/mol. The number of hydrogen-bond donors (Lipinski definition) is 5. The summed E-state index contributed by atoms with van der Waals surface area (Å²) in [5.74, 6) is -3.95. The summed E-state index contributed by atoms with van der Waals surface area (Å²) in [6, 6.07) is 31.4. The molecule has 2 aliphatic carbocycles. The summed E-state index contributed by atoms with van der Waals surface area (Å²) in [5, 5.41) is 51.5. The smallest absolute Gasteiger partial charge is 0.268 e. The topological polar surface area (TPSA) is 477 Å². The van der Waals surface area contributed by atoms with Crippen molar-refractivity contribution in [3.63, 3.8) is 0 Å². The van der Waals surface area contributed by atoms with Gasteiger partial charge in [0.05, 0.1) is 60.3 Å². The number of fused-ring (bicyclic) bond motifs is 8. The lowest BCUT2D eigenvalue weighted by Gasteiger charge is -2.29. The highest BCUT2D eigenvalue weighted by Crippen LogP contribution is 2.53. The van der Waals surface area contributed by atoms with Crippen LogP contribution in [0.5, 0.6) is 0 Å². The fourth-order valence-corrected chi connectivity index (χ4v) is 25.7. The molecule has 5 N–H and O–H groups in total. The van der Waals surface area contributed by atoms with Gasteiger partial charge in [0.1, 0.15) is 115 Å². The molecule has 0 radical (unpaired) electrons. The first-order valence-corrected chi connectivity index (χ1v) is 52.4. The third kappa shape index (κ3) is 20.2. The van der Waals surface area contributed by atoms with Crippen molar-refractivity contribution < 1.29 is 92.4 Å². The summed E-state index contributed by atoms with van der Waals surface area (Å²) in [7, 11) is -16.1. The van der Waals surface area contributed by atoms with E-state index in [1.807, 2.05) is 25.2 Å². The van der Waals surface area contributed by atoms with Crippen LogP contribution in [0, 0.1) is 0 Å². The quantitative estimate of drug-likeness (QED) is 0.0498. The van der Waals surface area contributed by atoms with Crippen LogP contribution in [-0.2, 0) is 91.9 Å². The van der Waals surface area contributed by atoms with Crippen LogP contribution >= 0.6 is 171 Å². The number of allylic oxidation sites excluding steroid dienone is 2. The Bertz CT molecular complexity index is 7680. The molecule has 54 heteroatoms. The van der Waals surface area contributed by atoms with Gasteiger partial charge in [0, 0.05) is 51.5 Å². The maximum atomic E-state index is 13.5. The van der Waals surface area contributed by atoms with E-state index < -0.39 is 131 Å². The number of aliphatic hydroxyl groups is 5. The second-order valence-corrected chi connectivity index (χ2v) is 44.7. The molecule has 10 aromatic heterocycles. The summed E-state index contributed by atoms with van der Waals surface area (Å²) >= 11 is 78.2. The van der Waals surface area contributed by atoms with Crippen LogP contribution in [0.1, 0.15) is 92.5 Å². The minimum absolute atomic E-state index is 0.00405. The molecule has 726 valence electrons. The lowest BCUT2D eigenvalue weighted by molar-refractivity contribution is -0.280. The number of nitrogens with zero attached hydrogens (tertiary/aromatic N) is 16. The number of benzene rings is 4. The van der Waals surface area contributed by atoms with Gasteiger partial charge in [-0.2, -0.15) is 0 Å². The normalized spacial score (nSPS) is 22.6. The molecule has 0 unspecified atom stereocenters. The molecular weight excluding hydrogens is 2270 g/mol. The molecule has 5 aliphatic heterocycles. The van der Waals surface area contributed by atoms with Gasteiger partial charge in [-0.15, -0.1) is 0 Å². The van der Waals surface area contributed by atoms with Crippen molar-refractivity contribution in [3.8, 4) is 0 Å². The third-order valence-electron chi connectivity index (χ3n) is 22.0. The second-order valence-electron chi connectivity index (χ2n) is 31.6. The molecule has 0 spiro atoms. The highest BCUT2D eigenvalue weighted by molar-refractivity contribution is 9.15. The Morgan fingerprint density at radius 1 is 0.406 bits per heavy atom. The van der Waals surface area contributed by atoms with Crippen molar-refractivity contribution in [3.05, 3.63) is 265 Å². The maximum Gasteiger partial charge on any atom is 0.268 e. The van der Waals surface area contributed by atoms with Gasteiger partial charge in [-0.25, -0.2) is 109 Å². The van der Waals surface area contributed by atoms with Crippen molar-refractivity contribution in [2.75, 3.05) is 13.2 Å². The molecule has 5 fully saturated rings. The van der Waals surface area contributed by atoms with Crippen LogP contribution in [-0.4, -0.2) is 215 Å². The van der Waals surface area contributed by atoms with E-state index in [9.17, 15) is 59.2 Å². The fraction of sp³-hybridized carbons (Fsp3) is 0.286. The standard InChI is InChI=1S/C21H21Cl2N3O6S.C20H19Cl2N3O6S.C17H15Cl2N3O6S.C12H6BrCl2N3O2S.C7H3BrCl2N2.C7H4Cl2N2/c1-4-13-16-17(32-20(2,3)31-16)21(27,30-13)12-10-26(15-14(12)24-19(23)25-18(15)22)33(28,29)11-8-6-5-7-9-11;1-20(2)30-16-12(9-26)29-15(17(16)31-20)11-8-25(14-13(11)23-19(22)24-18(14)21)32(27,28)10-6-4-3-5-7-10;18-16-12-11(20-17(19)21-16)9(15-14(25)13(24)10(7-23)28-15)6-22(12)29(26,27)8-4-2-1-3-5-8;13-8-6-18(10-9(8)16-12(15)17-11(10)14)21(19,20)7-4-2-1-3-5-7;8-4-2-1-3-5(4)11-7(10)12-6(3)9;8-6-4-2-1-3-5(4)10-7(9)11-6/h5-10,13,16-17,27H,4H2,1-3H3;3-8,12,15-17,26H,9H2,1-2H3;1-6,10,13-15,23-25H,7H2;1-6H;2H,1H2;1,3H,2H2/t13-,16-,17-,21+;12-,15+,16-,17+;10-,13-,14-,15+;;;/m111.../s1. The van der Waals surface area contributed by atoms with Gasteiger partial charge in [-0.1, -0.05) is 161 Å². The zero-order valence-corrected chi connectivity index (χ0v) is 86.4. The predicted octanol–water partition coefficient (Wildman–Crippen LogP) is 16.7. The average molecular weight is 2340 g/mol. The number of hydrogen-bond acceptors (Lipinski definition) is 32. The number of halogens is 14. The largest absolute Gasteiger partial charge is 0.394 e. The third-order valence-corrected chi connectivity index (χ3v) is 32.7. The van der Waals surface area contributed by atoms with E-state index in [2.05, 4.69) is 91.7 Å². The van der Waals surface area contributed by atoms with Crippen LogP contribution in [0.15, 0.2) is 182 Å². The maximum absolute atomic E-state index is 13.5. The molecule has 7 aliphatic rings. The number of ether oxygens (including phenoxy) is 7. The molecule has 15 heterocycles. The van der Waals surface area contributed by atoms with Gasteiger partial charge in [0.15, 0.2) is 32.2 Å². The van der Waals surface area contributed by atoms with E-state index in [0.717, 1.165) is 55.7 Å². The summed E-state index contributed by atoms with van der Waals surface area (Å²) in [4.78, 5) is 47.9. The summed E-state index contributed by atoms with van der Waals surface area (Å²) in [6.07, 6.45) is 3.54. The Balaban J connectivity index is 0.000000124. The first-order valence-electron chi connectivity index (χ1n) is 40.5. The van der Waals surface area contributed by atoms with Gasteiger partial charge < -0.3 is 58.7 Å². The average Bonchev–Trinajstić information content (AvgIpc) is 1.55. The SMILES string of the molecule is CC1(C)O[C@@H]2[C@H](O1)[C@@H](CO)O[C@H]2c1cn(S(=O)(=O)c2ccccc2)c2c(Cl)nc(Cl)nc12.CC[C@H]1O[C@@](O)(c2cn(S(=O)(=O)c3ccccc3)c3c(Cl)nc(Cl)nc23)[C@@H]2OC(C)(C)O[C@@H]21.Clc1nc(Cl)c2c(n1)C(Br)=CC2.Clc1nc(Cl)c2c(n1)C=CC2.O=S(=O)(c1ccccc1)n1cc(Br)c2nc(Cl)nc(Cl)c21.O=S(=O)(c1ccccc1)n1cc([C@@H]2O[C@H](CO)[C@@H](O)[C@H]2O)c2nc(Cl)nc(Cl)c21. The van der Waals surface area contributed by atoms with E-state index in [-0.39, 0.29) is 128 Å². The van der Waals surface area contributed by atoms with Crippen LogP contribution < -0.4 is 0 Å². The van der Waals surface area contributed by atoms with Gasteiger partial charge in [-0.3, -0.25) is 0 Å². The Hall–Kier alpha value is -7.24. The monoisotopic (exact) mass is 2330 g/mol. The lowest BCUT2D eigenvalue weighted by atomic mass is 9.98. The fourth-order valence-electron chi connectivity index (χ4n) is 16.0. The van der Waals surface area contributed by atoms with E-state index in [1.165, 1.54) is 73.3 Å². The van der Waals surface area contributed by atoms with Crippen molar-refractivity contribution in [1.82, 2.24) is 75.7 Å². The molecule has 12 atom stereocenters. The number of aliphatic hydroxyl groups excluding tert-OH is 4. The Morgan fingerprint density at radius 2 is 0.783 bits per heavy atom. The van der Waals surface area contributed by atoms with Crippen LogP contribution in [0.25, 0.3) is 54.7 Å². The van der Waals surface area contributed by atoms with Crippen molar-refractivity contribution in [1.29, 1.82) is 0 Å². The molecule has 5 saturated heterocycles. The molecular formula is C84H68Br2Cl12N16O20S4. The highest BCUT2D eigenvalue weighted by Gasteiger charge is 2.64. The Morgan fingerprint density at radius 3 is 1.25 bits per heavy atom. The lowest BCUT2D eigenvalue weighted by Crippen LogP contribution is -2.40. The first kappa shape index (κ1) is 104. The molecule has 0 amide bonds. The van der Waals surface area contributed by atoms with Gasteiger partial charge >= 0.3 is 0 Å². The van der Waals surface area contributed by atoms with E-state index in [1.54, 1.807) is 100 Å². The van der Waals surface area contributed by atoms with Gasteiger partial charge in [-0.05, 0) is 203 Å². The van der Waals surface area contributed by atoms with Crippen molar-refractivity contribution >= 4 is 266 Å². The van der Waals surface area contributed by atoms with Crippen LogP contribution in [0.4, 0.5) is 0 Å². The zero-order chi connectivity index (χ0) is 99.3.